The minimum atomic E-state index is -1.57. The third-order valence-electron chi connectivity index (χ3n) is 8.05. The van der Waals surface area contributed by atoms with E-state index < -0.39 is 8.07 Å². The van der Waals surface area contributed by atoms with E-state index in [1.807, 2.05) is 0 Å². The maximum Gasteiger partial charge on any atom is 0.0875 e. The largest absolute Gasteiger partial charge is 0.0875 e. The predicted octanol–water partition coefficient (Wildman–Crippen LogP) is 9.99. The van der Waals surface area contributed by atoms with Crippen molar-refractivity contribution in [3.8, 4) is 0 Å². The van der Waals surface area contributed by atoms with E-state index in [0.29, 0.717) is 0 Å². The molecule has 0 saturated carbocycles. The second-order valence-electron chi connectivity index (χ2n) is 10.5. The molecule has 1 heteroatoms. The molecular formula is C30H56Si. The monoisotopic (exact) mass is 444 g/mol. The van der Waals surface area contributed by atoms with Crippen LogP contribution in [0.1, 0.15) is 119 Å². The third-order valence-corrected chi connectivity index (χ3v) is 13.7. The summed E-state index contributed by atoms with van der Waals surface area (Å²) >= 11 is 0. The van der Waals surface area contributed by atoms with Gasteiger partial charge in [0.25, 0.3) is 0 Å². The zero-order chi connectivity index (χ0) is 23.0. The minimum Gasteiger partial charge on any atom is -0.0654 e. The molecule has 0 radical (unpaired) electrons. The average molecular weight is 445 g/mol. The summed E-state index contributed by atoms with van der Waals surface area (Å²) in [5.74, 6) is 2.79. The highest BCUT2D eigenvalue weighted by molar-refractivity contribution is 6.92. The van der Waals surface area contributed by atoms with Crippen LogP contribution in [0, 0.1) is 17.8 Å². The molecule has 3 atom stereocenters. The molecule has 0 aliphatic heterocycles. The van der Waals surface area contributed by atoms with Crippen molar-refractivity contribution in [1.29, 1.82) is 0 Å². The first kappa shape index (κ1) is 28.5. The lowest BCUT2D eigenvalue weighted by atomic mass is 10.0. The Labute approximate surface area is 198 Å². The molecule has 0 spiro atoms. The van der Waals surface area contributed by atoms with Gasteiger partial charge in [-0.3, -0.25) is 0 Å². The Morgan fingerprint density at radius 3 is 1.19 bits per heavy atom. The first-order valence-corrected chi connectivity index (χ1v) is 16.8. The summed E-state index contributed by atoms with van der Waals surface area (Å²) in [7, 11) is -1.57. The van der Waals surface area contributed by atoms with E-state index in [1.54, 1.807) is 23.3 Å². The van der Waals surface area contributed by atoms with Gasteiger partial charge in [0.05, 0.1) is 8.07 Å². The molecule has 0 bridgehead atoms. The van der Waals surface area contributed by atoms with Gasteiger partial charge in [0.2, 0.25) is 0 Å². The van der Waals surface area contributed by atoms with Crippen molar-refractivity contribution in [1.82, 2.24) is 0 Å². The van der Waals surface area contributed by atoms with Crippen LogP contribution in [0.4, 0.5) is 0 Å². The van der Waals surface area contributed by atoms with Crippen molar-refractivity contribution in [2.75, 3.05) is 0 Å². The van der Waals surface area contributed by atoms with Gasteiger partial charge < -0.3 is 0 Å². The van der Waals surface area contributed by atoms with Crippen LogP contribution in [0.3, 0.4) is 0 Å². The lowest BCUT2D eigenvalue weighted by Crippen LogP contribution is -2.51. The van der Waals surface area contributed by atoms with E-state index in [1.165, 1.54) is 77.0 Å². The SMILES string of the molecule is CCCC[C@@H](CC)C[Si](C[C@H](CC)CCCC)(C[C@@H](CC)CCCC)c1ccccc1. The van der Waals surface area contributed by atoms with Gasteiger partial charge in [-0.2, -0.15) is 0 Å². The van der Waals surface area contributed by atoms with Crippen molar-refractivity contribution in [3.63, 3.8) is 0 Å². The normalized spacial score (nSPS) is 15.0. The molecule has 1 aromatic carbocycles. The Morgan fingerprint density at radius 1 is 0.548 bits per heavy atom. The molecule has 0 aliphatic rings. The van der Waals surface area contributed by atoms with Gasteiger partial charge in [0.15, 0.2) is 0 Å². The summed E-state index contributed by atoms with van der Waals surface area (Å²) in [6, 6.07) is 16.6. The van der Waals surface area contributed by atoms with Crippen LogP contribution in [0.5, 0.6) is 0 Å². The van der Waals surface area contributed by atoms with Crippen LogP contribution < -0.4 is 5.19 Å². The van der Waals surface area contributed by atoms with Crippen LogP contribution in [0.25, 0.3) is 0 Å². The Kier molecular flexibility index (Phi) is 15.6. The highest BCUT2D eigenvalue weighted by Gasteiger charge is 2.40. The molecule has 0 aliphatic carbocycles. The lowest BCUT2D eigenvalue weighted by Gasteiger charge is -2.41. The zero-order valence-corrected chi connectivity index (χ0v) is 23.2. The van der Waals surface area contributed by atoms with E-state index >= 15 is 0 Å². The highest BCUT2D eigenvalue weighted by Crippen LogP contribution is 2.38. The van der Waals surface area contributed by atoms with Gasteiger partial charge in [0.1, 0.15) is 0 Å². The zero-order valence-electron chi connectivity index (χ0n) is 22.2. The van der Waals surface area contributed by atoms with E-state index in [4.69, 9.17) is 0 Å². The van der Waals surface area contributed by atoms with E-state index in [-0.39, 0.29) is 0 Å². The Hall–Kier alpha value is -0.563. The first-order valence-electron chi connectivity index (χ1n) is 14.1. The van der Waals surface area contributed by atoms with E-state index in [0.717, 1.165) is 17.8 Å². The number of hydrogen-bond donors (Lipinski definition) is 0. The minimum absolute atomic E-state index is 0.930. The lowest BCUT2D eigenvalue weighted by molar-refractivity contribution is 0.448. The van der Waals surface area contributed by atoms with Gasteiger partial charge in [-0.15, -0.1) is 0 Å². The molecule has 31 heavy (non-hydrogen) atoms. The van der Waals surface area contributed by atoms with Crippen molar-refractivity contribution in [2.45, 2.75) is 137 Å². The smallest absolute Gasteiger partial charge is 0.0654 e. The molecule has 0 heterocycles. The fourth-order valence-corrected chi connectivity index (χ4v) is 12.8. The fraction of sp³-hybridized carbons (Fsp3) is 0.800. The quantitative estimate of drug-likeness (QED) is 0.186. The van der Waals surface area contributed by atoms with Crippen molar-refractivity contribution < 1.29 is 0 Å². The topological polar surface area (TPSA) is 0 Å². The predicted molar refractivity (Wildman–Crippen MR) is 146 cm³/mol. The molecule has 0 nitrogen and oxygen atoms in total. The summed E-state index contributed by atoms with van der Waals surface area (Å²) < 4.78 is 0. The summed E-state index contributed by atoms with van der Waals surface area (Å²) in [6.07, 6.45) is 16.8. The third kappa shape index (κ3) is 10.3. The molecule has 0 saturated heterocycles. The summed E-state index contributed by atoms with van der Waals surface area (Å²) in [5.41, 5.74) is 0. The Balaban J connectivity index is 3.35. The van der Waals surface area contributed by atoms with Crippen LogP contribution in [-0.4, -0.2) is 8.07 Å². The fourth-order valence-electron chi connectivity index (χ4n) is 5.88. The summed E-state index contributed by atoms with van der Waals surface area (Å²) in [5, 5.41) is 1.79. The molecule has 0 N–H and O–H groups in total. The molecule has 1 aromatic rings. The van der Waals surface area contributed by atoms with Crippen LogP contribution >= 0.6 is 0 Å². The molecule has 0 fully saturated rings. The number of rotatable bonds is 19. The number of benzene rings is 1. The van der Waals surface area contributed by atoms with Crippen LogP contribution in [0.15, 0.2) is 30.3 Å². The van der Waals surface area contributed by atoms with Gasteiger partial charge in [-0.25, -0.2) is 0 Å². The maximum absolute atomic E-state index is 2.54. The first-order chi connectivity index (χ1) is 15.1. The number of unbranched alkanes of at least 4 members (excludes halogenated alkanes) is 3. The second-order valence-corrected chi connectivity index (χ2v) is 14.9. The summed E-state index contributed by atoms with van der Waals surface area (Å²) in [6.45, 7) is 14.5. The standard InChI is InChI=1S/C30H56Si/c1-7-13-19-27(10-4)24-31(30-22-17-16-18-23-30,25-28(11-5)20-14-8-2)26-29(12-6)21-15-9-3/h16-18,22-23,27-29H,7-15,19-21,24-26H2,1-6H3/t27-,28-,29+/m1/s1. The molecule has 1 rings (SSSR count). The van der Waals surface area contributed by atoms with Crippen molar-refractivity contribution in [3.05, 3.63) is 30.3 Å². The van der Waals surface area contributed by atoms with Gasteiger partial charge in [0, 0.05) is 0 Å². The van der Waals surface area contributed by atoms with Crippen molar-refractivity contribution >= 4 is 13.3 Å². The molecule has 180 valence electrons. The molecular weight excluding hydrogens is 388 g/mol. The van der Waals surface area contributed by atoms with Gasteiger partial charge in [-0.1, -0.05) is 172 Å². The maximum atomic E-state index is 2.54. The highest BCUT2D eigenvalue weighted by atomic mass is 28.3. The van der Waals surface area contributed by atoms with Crippen LogP contribution in [0.2, 0.25) is 18.1 Å². The van der Waals surface area contributed by atoms with Crippen molar-refractivity contribution in [2.24, 2.45) is 17.8 Å². The van der Waals surface area contributed by atoms with Gasteiger partial charge >= 0.3 is 0 Å². The molecule has 0 unspecified atom stereocenters. The van der Waals surface area contributed by atoms with Gasteiger partial charge in [-0.05, 0) is 17.8 Å². The summed E-state index contributed by atoms with van der Waals surface area (Å²) in [4.78, 5) is 0. The number of hydrogen-bond acceptors (Lipinski definition) is 0. The molecule has 0 amide bonds. The van der Waals surface area contributed by atoms with Crippen LogP contribution in [-0.2, 0) is 0 Å². The molecule has 0 aromatic heterocycles. The van der Waals surface area contributed by atoms with E-state index in [2.05, 4.69) is 71.9 Å². The van der Waals surface area contributed by atoms with E-state index in [9.17, 15) is 0 Å². The second kappa shape index (κ2) is 17.0. The average Bonchev–Trinajstić information content (AvgIpc) is 2.82. The Bertz CT molecular complexity index is 477. The Morgan fingerprint density at radius 2 is 0.903 bits per heavy atom.